The molecule has 0 unspecified atom stereocenters. The number of hydrogen-bond acceptors (Lipinski definition) is 5. The van der Waals surface area contributed by atoms with Crippen molar-refractivity contribution in [2.45, 2.75) is 31.7 Å². The summed E-state index contributed by atoms with van der Waals surface area (Å²) in [5, 5.41) is 13.7. The van der Waals surface area contributed by atoms with Gasteiger partial charge in [0, 0.05) is 49.9 Å². The van der Waals surface area contributed by atoms with Crippen LogP contribution in [0.25, 0.3) is 0 Å². The number of hydrogen-bond donors (Lipinski definition) is 2. The molecule has 1 aromatic rings. The molecule has 1 amide bonds. The first kappa shape index (κ1) is 19.2. The first-order valence-electron chi connectivity index (χ1n) is 7.58. The van der Waals surface area contributed by atoms with Crippen LogP contribution in [0, 0.1) is 10.1 Å². The van der Waals surface area contributed by atoms with Crippen molar-refractivity contribution in [1.29, 1.82) is 0 Å². The minimum atomic E-state index is -0.424. The summed E-state index contributed by atoms with van der Waals surface area (Å²) >= 11 is 0. The zero-order valence-electron chi connectivity index (χ0n) is 12.9. The number of nitrogens with one attached hydrogen (secondary N) is 1. The summed E-state index contributed by atoms with van der Waals surface area (Å²) in [6, 6.07) is 6.50. The van der Waals surface area contributed by atoms with Crippen LogP contribution in [0.5, 0.6) is 0 Å². The lowest BCUT2D eigenvalue weighted by Crippen LogP contribution is -2.42. The molecular formula is C15H23ClN4O3. The molecule has 1 aliphatic rings. The Hall–Kier alpha value is -1.86. The molecule has 1 fully saturated rings. The Morgan fingerprint density at radius 2 is 1.91 bits per heavy atom. The fourth-order valence-corrected chi connectivity index (χ4v) is 2.48. The van der Waals surface area contributed by atoms with E-state index in [9.17, 15) is 14.9 Å². The number of amides is 1. The van der Waals surface area contributed by atoms with Crippen molar-refractivity contribution >= 4 is 29.7 Å². The summed E-state index contributed by atoms with van der Waals surface area (Å²) < 4.78 is 0. The minimum Gasteiger partial charge on any atom is -0.385 e. The van der Waals surface area contributed by atoms with Gasteiger partial charge in [0.1, 0.15) is 0 Å². The smallest absolute Gasteiger partial charge is 0.269 e. The Morgan fingerprint density at radius 1 is 1.30 bits per heavy atom. The van der Waals surface area contributed by atoms with Crippen molar-refractivity contribution in [3.05, 3.63) is 34.4 Å². The number of likely N-dealkylation sites (tertiary alicyclic amines) is 1. The van der Waals surface area contributed by atoms with Crippen molar-refractivity contribution < 1.29 is 9.72 Å². The molecule has 3 N–H and O–H groups in total. The summed E-state index contributed by atoms with van der Waals surface area (Å²) in [5.41, 5.74) is 6.72. The van der Waals surface area contributed by atoms with Crippen molar-refractivity contribution in [1.82, 2.24) is 4.90 Å². The summed E-state index contributed by atoms with van der Waals surface area (Å²) in [5.74, 6) is 0.178. The van der Waals surface area contributed by atoms with Crippen LogP contribution < -0.4 is 11.1 Å². The maximum absolute atomic E-state index is 12.0. The van der Waals surface area contributed by atoms with Crippen molar-refractivity contribution in [2.24, 2.45) is 5.73 Å². The molecule has 8 heteroatoms. The van der Waals surface area contributed by atoms with Gasteiger partial charge in [0.15, 0.2) is 0 Å². The molecule has 1 aliphatic heterocycles. The number of nitrogens with two attached hydrogens (primary N) is 1. The molecule has 128 valence electrons. The largest absolute Gasteiger partial charge is 0.385 e. The average Bonchev–Trinajstić information content (AvgIpc) is 2.52. The fraction of sp³-hybridized carbons (Fsp3) is 0.533. The minimum absolute atomic E-state index is 0. The van der Waals surface area contributed by atoms with E-state index in [1.165, 1.54) is 12.1 Å². The second-order valence-electron chi connectivity index (χ2n) is 5.55. The predicted molar refractivity (Wildman–Crippen MR) is 91.9 cm³/mol. The van der Waals surface area contributed by atoms with Crippen LogP contribution in [0.15, 0.2) is 24.3 Å². The van der Waals surface area contributed by atoms with Gasteiger partial charge in [-0.05, 0) is 31.4 Å². The summed E-state index contributed by atoms with van der Waals surface area (Å²) in [6.07, 6.45) is 3.01. The maximum atomic E-state index is 12.0. The number of carbonyl (C=O) groups excluding carboxylic acids is 1. The van der Waals surface area contributed by atoms with E-state index in [0.29, 0.717) is 13.0 Å². The molecule has 0 aliphatic carbocycles. The van der Waals surface area contributed by atoms with Gasteiger partial charge in [-0.1, -0.05) is 0 Å². The first-order chi connectivity index (χ1) is 10.6. The van der Waals surface area contributed by atoms with Crippen LogP contribution in [-0.4, -0.2) is 41.4 Å². The van der Waals surface area contributed by atoms with Crippen LogP contribution in [0.3, 0.4) is 0 Å². The number of nitro benzene ring substituents is 1. The molecule has 0 spiro atoms. The fourth-order valence-electron chi connectivity index (χ4n) is 2.48. The van der Waals surface area contributed by atoms with E-state index in [1.54, 1.807) is 12.1 Å². The average molecular weight is 343 g/mol. The zero-order valence-corrected chi connectivity index (χ0v) is 13.8. The number of non-ortho nitro benzene ring substituents is 1. The first-order valence-corrected chi connectivity index (χ1v) is 7.58. The topological polar surface area (TPSA) is 102 Å². The highest BCUT2D eigenvalue weighted by Crippen LogP contribution is 2.15. The van der Waals surface area contributed by atoms with Crippen LogP contribution in [0.4, 0.5) is 11.4 Å². The Kier molecular flexibility index (Phi) is 7.77. The number of nitrogens with zero attached hydrogens (tertiary/aromatic N) is 2. The third-order valence-electron chi connectivity index (χ3n) is 3.87. The Morgan fingerprint density at radius 3 is 2.48 bits per heavy atom. The van der Waals surface area contributed by atoms with Crippen LogP contribution in [-0.2, 0) is 4.79 Å². The quantitative estimate of drug-likeness (QED) is 0.468. The highest BCUT2D eigenvalue weighted by molar-refractivity contribution is 5.85. The van der Waals surface area contributed by atoms with Gasteiger partial charge in [-0.3, -0.25) is 14.9 Å². The number of halogens is 1. The lowest BCUT2D eigenvalue weighted by atomic mass is 10.1. The number of anilines is 1. The van der Waals surface area contributed by atoms with Crippen molar-refractivity contribution in [2.75, 3.05) is 25.0 Å². The molecule has 23 heavy (non-hydrogen) atoms. The van der Waals surface area contributed by atoms with E-state index in [4.69, 9.17) is 5.73 Å². The number of benzene rings is 1. The summed E-state index contributed by atoms with van der Waals surface area (Å²) in [7, 11) is 0. The molecule has 0 radical (unpaired) electrons. The monoisotopic (exact) mass is 342 g/mol. The molecule has 0 aromatic heterocycles. The summed E-state index contributed by atoms with van der Waals surface area (Å²) in [4.78, 5) is 24.0. The van der Waals surface area contributed by atoms with Crippen molar-refractivity contribution in [3.63, 3.8) is 0 Å². The lowest BCUT2D eigenvalue weighted by Gasteiger charge is -2.30. The molecule has 1 aromatic carbocycles. The molecule has 2 rings (SSSR count). The van der Waals surface area contributed by atoms with E-state index < -0.39 is 4.92 Å². The van der Waals surface area contributed by atoms with Crippen LogP contribution in [0.1, 0.15) is 25.7 Å². The Labute approximate surface area is 141 Å². The Bertz CT molecular complexity index is 516. The third-order valence-corrected chi connectivity index (χ3v) is 3.87. The number of rotatable bonds is 6. The zero-order chi connectivity index (χ0) is 15.9. The number of piperidine rings is 1. The molecular weight excluding hydrogens is 320 g/mol. The molecule has 7 nitrogen and oxygen atoms in total. The lowest BCUT2D eigenvalue weighted by molar-refractivity contribution is -0.384. The Balaban J connectivity index is 0.00000264. The second-order valence-corrected chi connectivity index (χ2v) is 5.55. The van der Waals surface area contributed by atoms with E-state index in [-0.39, 0.29) is 30.0 Å². The second kappa shape index (κ2) is 9.32. The van der Waals surface area contributed by atoms with Gasteiger partial charge in [-0.2, -0.15) is 0 Å². The number of nitro groups is 1. The van der Waals surface area contributed by atoms with Crippen molar-refractivity contribution in [3.8, 4) is 0 Å². The molecule has 0 saturated carbocycles. The predicted octanol–water partition coefficient (Wildman–Crippen LogP) is 2.16. The van der Waals surface area contributed by atoms with E-state index in [1.807, 2.05) is 4.90 Å². The van der Waals surface area contributed by atoms with Crippen LogP contribution >= 0.6 is 12.4 Å². The van der Waals surface area contributed by atoms with E-state index in [0.717, 1.165) is 38.0 Å². The molecule has 1 heterocycles. The van der Waals surface area contributed by atoms with Gasteiger partial charge in [0.2, 0.25) is 5.91 Å². The van der Waals surface area contributed by atoms with Gasteiger partial charge >= 0.3 is 0 Å². The molecule has 1 saturated heterocycles. The highest BCUT2D eigenvalue weighted by atomic mass is 35.5. The SMILES string of the molecule is Cl.NC1CCN(C(=O)CCCNc2ccc([N+](=O)[O-])cc2)CC1. The standard InChI is InChI=1S/C15H22N4O3.ClH/c16-12-7-10-18(11-8-12)15(20)2-1-9-17-13-3-5-14(6-4-13)19(21)22;/h3-6,12,17H,1-2,7-11,16H2;1H. The van der Waals surface area contributed by atoms with E-state index in [2.05, 4.69) is 5.32 Å². The third kappa shape index (κ3) is 6.03. The molecule has 0 atom stereocenters. The van der Waals surface area contributed by atoms with Gasteiger partial charge < -0.3 is 16.0 Å². The van der Waals surface area contributed by atoms with Gasteiger partial charge in [-0.25, -0.2) is 0 Å². The molecule has 0 bridgehead atoms. The van der Waals surface area contributed by atoms with Crippen LogP contribution in [0.2, 0.25) is 0 Å². The van der Waals surface area contributed by atoms with Gasteiger partial charge in [0.05, 0.1) is 4.92 Å². The normalized spacial score (nSPS) is 14.9. The number of carbonyl (C=O) groups is 1. The maximum Gasteiger partial charge on any atom is 0.269 e. The highest BCUT2D eigenvalue weighted by Gasteiger charge is 2.19. The van der Waals surface area contributed by atoms with Gasteiger partial charge in [0.25, 0.3) is 5.69 Å². The van der Waals surface area contributed by atoms with Gasteiger partial charge in [-0.15, -0.1) is 12.4 Å². The summed E-state index contributed by atoms with van der Waals surface area (Å²) in [6.45, 7) is 2.18. The van der Waals surface area contributed by atoms with E-state index >= 15 is 0 Å².